The molecule has 1 aromatic carbocycles. The fourth-order valence-corrected chi connectivity index (χ4v) is 3.21. The summed E-state index contributed by atoms with van der Waals surface area (Å²) in [5.41, 5.74) is -0.0647. The van der Waals surface area contributed by atoms with Crippen LogP contribution in [-0.2, 0) is 10.0 Å². The standard InChI is InChI=1S/C13H16ClFN2O3S/c1-13(2)3-4-17(7-13)12(18)8-5-11(21(16,19)20)10(15)6-9(8)14/h5-6H,3-4,7H2,1-2H3,(H2,16,19,20). The summed E-state index contributed by atoms with van der Waals surface area (Å²) in [6, 6.07) is 1.70. The van der Waals surface area contributed by atoms with E-state index in [2.05, 4.69) is 0 Å². The van der Waals surface area contributed by atoms with Crippen molar-refractivity contribution in [2.24, 2.45) is 10.6 Å². The molecule has 21 heavy (non-hydrogen) atoms. The van der Waals surface area contributed by atoms with Crippen molar-refractivity contribution in [1.82, 2.24) is 4.90 Å². The Bertz CT molecular complexity index is 704. The first-order valence-corrected chi connectivity index (χ1v) is 8.25. The van der Waals surface area contributed by atoms with Crippen molar-refractivity contribution in [2.45, 2.75) is 25.2 Å². The average Bonchev–Trinajstić information content (AvgIpc) is 2.67. The van der Waals surface area contributed by atoms with E-state index in [0.717, 1.165) is 18.6 Å². The molecule has 0 spiro atoms. The van der Waals surface area contributed by atoms with E-state index >= 15 is 0 Å². The Kier molecular flexibility index (Phi) is 4.03. The third-order valence-electron chi connectivity index (χ3n) is 3.52. The van der Waals surface area contributed by atoms with Crippen molar-refractivity contribution in [3.05, 3.63) is 28.5 Å². The van der Waals surface area contributed by atoms with E-state index in [-0.39, 0.29) is 16.0 Å². The van der Waals surface area contributed by atoms with Gasteiger partial charge in [0.2, 0.25) is 10.0 Å². The number of carbonyl (C=O) groups excluding carboxylic acids is 1. The number of hydrogen-bond donors (Lipinski definition) is 1. The summed E-state index contributed by atoms with van der Waals surface area (Å²) in [5, 5.41) is 4.81. The van der Waals surface area contributed by atoms with Gasteiger partial charge in [0.05, 0.1) is 10.6 Å². The molecule has 1 saturated heterocycles. The maximum Gasteiger partial charge on any atom is 0.255 e. The first kappa shape index (κ1) is 16.2. The number of carbonyl (C=O) groups is 1. The third kappa shape index (κ3) is 3.36. The summed E-state index contributed by atoms with van der Waals surface area (Å²) in [4.78, 5) is 13.3. The lowest BCUT2D eigenvalue weighted by Crippen LogP contribution is -2.30. The van der Waals surface area contributed by atoms with Gasteiger partial charge in [-0.15, -0.1) is 0 Å². The van der Waals surface area contributed by atoms with Crippen LogP contribution in [0.3, 0.4) is 0 Å². The van der Waals surface area contributed by atoms with Gasteiger partial charge >= 0.3 is 0 Å². The Hall–Kier alpha value is -1.18. The number of sulfonamides is 1. The van der Waals surface area contributed by atoms with E-state index < -0.39 is 26.6 Å². The molecule has 1 aromatic rings. The van der Waals surface area contributed by atoms with Crippen molar-refractivity contribution in [1.29, 1.82) is 0 Å². The molecule has 1 aliphatic heterocycles. The summed E-state index contributed by atoms with van der Waals surface area (Å²) in [7, 11) is -4.26. The molecule has 0 aliphatic carbocycles. The Morgan fingerprint density at radius 2 is 2.05 bits per heavy atom. The number of amides is 1. The number of nitrogens with two attached hydrogens (primary N) is 1. The van der Waals surface area contributed by atoms with Gasteiger partial charge in [-0.25, -0.2) is 17.9 Å². The molecule has 0 atom stereocenters. The highest BCUT2D eigenvalue weighted by Gasteiger charge is 2.33. The summed E-state index contributed by atoms with van der Waals surface area (Å²) in [6.45, 7) is 5.14. The van der Waals surface area contributed by atoms with E-state index in [0.29, 0.717) is 13.1 Å². The van der Waals surface area contributed by atoms with E-state index in [1.54, 1.807) is 4.90 Å². The van der Waals surface area contributed by atoms with E-state index in [1.165, 1.54) is 0 Å². The minimum Gasteiger partial charge on any atom is -0.338 e. The summed E-state index contributed by atoms with van der Waals surface area (Å²) < 4.78 is 36.3. The normalized spacial score (nSPS) is 18.0. The molecular weight excluding hydrogens is 319 g/mol. The van der Waals surface area contributed by atoms with Crippen LogP contribution >= 0.6 is 11.6 Å². The lowest BCUT2D eigenvalue weighted by Gasteiger charge is -2.20. The van der Waals surface area contributed by atoms with Crippen LogP contribution in [0.25, 0.3) is 0 Å². The second kappa shape index (κ2) is 5.23. The molecule has 1 heterocycles. The fourth-order valence-electron chi connectivity index (χ4n) is 2.37. The van der Waals surface area contributed by atoms with Crippen LogP contribution in [0.2, 0.25) is 5.02 Å². The number of benzene rings is 1. The highest BCUT2D eigenvalue weighted by molar-refractivity contribution is 7.89. The van der Waals surface area contributed by atoms with Gasteiger partial charge in [0.25, 0.3) is 5.91 Å². The molecule has 2 rings (SSSR count). The molecule has 0 bridgehead atoms. The van der Waals surface area contributed by atoms with Crippen LogP contribution in [0.4, 0.5) is 4.39 Å². The highest BCUT2D eigenvalue weighted by atomic mass is 35.5. The quantitative estimate of drug-likeness (QED) is 0.898. The molecule has 5 nitrogen and oxygen atoms in total. The number of halogens is 2. The third-order valence-corrected chi connectivity index (χ3v) is 4.76. The topological polar surface area (TPSA) is 80.5 Å². The Labute approximate surface area is 127 Å². The Morgan fingerprint density at radius 1 is 1.43 bits per heavy atom. The second-order valence-corrected chi connectivity index (χ2v) is 7.89. The van der Waals surface area contributed by atoms with Crippen molar-refractivity contribution in [2.75, 3.05) is 13.1 Å². The number of rotatable bonds is 2. The predicted molar refractivity (Wildman–Crippen MR) is 77.1 cm³/mol. The first-order chi connectivity index (χ1) is 9.51. The van der Waals surface area contributed by atoms with Crippen molar-refractivity contribution in [3.8, 4) is 0 Å². The van der Waals surface area contributed by atoms with Crippen LogP contribution in [0.5, 0.6) is 0 Å². The monoisotopic (exact) mass is 334 g/mol. The number of nitrogens with zero attached hydrogens (tertiary/aromatic N) is 1. The molecule has 0 saturated carbocycles. The lowest BCUT2D eigenvalue weighted by atomic mass is 9.93. The van der Waals surface area contributed by atoms with Gasteiger partial charge in [0.15, 0.2) is 0 Å². The molecule has 0 aromatic heterocycles. The van der Waals surface area contributed by atoms with Crippen LogP contribution in [0.15, 0.2) is 17.0 Å². The molecule has 116 valence electrons. The van der Waals surface area contributed by atoms with Gasteiger partial charge in [-0.05, 0) is 24.0 Å². The zero-order chi connectivity index (χ0) is 16.0. The minimum absolute atomic E-state index is 0.00899. The van der Waals surface area contributed by atoms with Gasteiger partial charge in [-0.1, -0.05) is 25.4 Å². The van der Waals surface area contributed by atoms with Crippen LogP contribution in [0, 0.1) is 11.2 Å². The average molecular weight is 335 g/mol. The van der Waals surface area contributed by atoms with E-state index in [1.807, 2.05) is 13.8 Å². The minimum atomic E-state index is -4.26. The van der Waals surface area contributed by atoms with Gasteiger partial charge in [-0.2, -0.15) is 0 Å². The molecule has 0 unspecified atom stereocenters. The molecule has 1 fully saturated rings. The lowest BCUT2D eigenvalue weighted by molar-refractivity contribution is 0.0778. The maximum absolute atomic E-state index is 13.6. The molecule has 0 radical (unpaired) electrons. The zero-order valence-corrected chi connectivity index (χ0v) is 13.3. The van der Waals surface area contributed by atoms with Gasteiger partial charge in [0, 0.05) is 13.1 Å². The highest BCUT2D eigenvalue weighted by Crippen LogP contribution is 2.31. The predicted octanol–water partition coefficient (Wildman–Crippen LogP) is 2.00. The van der Waals surface area contributed by atoms with Crippen LogP contribution in [0.1, 0.15) is 30.6 Å². The summed E-state index contributed by atoms with van der Waals surface area (Å²) in [6.07, 6.45) is 0.833. The number of likely N-dealkylation sites (tertiary alicyclic amines) is 1. The second-order valence-electron chi connectivity index (χ2n) is 5.95. The van der Waals surface area contributed by atoms with Crippen molar-refractivity contribution >= 4 is 27.5 Å². The zero-order valence-electron chi connectivity index (χ0n) is 11.7. The fraction of sp³-hybridized carbons (Fsp3) is 0.462. The molecule has 1 aliphatic rings. The Morgan fingerprint density at radius 3 is 2.52 bits per heavy atom. The van der Waals surface area contributed by atoms with Gasteiger partial charge in [-0.3, -0.25) is 4.79 Å². The van der Waals surface area contributed by atoms with E-state index in [9.17, 15) is 17.6 Å². The number of primary sulfonamides is 1. The van der Waals surface area contributed by atoms with Gasteiger partial charge < -0.3 is 4.90 Å². The molecule has 8 heteroatoms. The smallest absolute Gasteiger partial charge is 0.255 e. The molecule has 1 amide bonds. The van der Waals surface area contributed by atoms with Crippen LogP contribution in [-0.4, -0.2) is 32.3 Å². The maximum atomic E-state index is 13.6. The van der Waals surface area contributed by atoms with Crippen molar-refractivity contribution < 1.29 is 17.6 Å². The molecule has 2 N–H and O–H groups in total. The van der Waals surface area contributed by atoms with Crippen molar-refractivity contribution in [3.63, 3.8) is 0 Å². The van der Waals surface area contributed by atoms with Crippen LogP contribution < -0.4 is 5.14 Å². The first-order valence-electron chi connectivity index (χ1n) is 6.32. The Balaban J connectivity index is 2.43. The van der Waals surface area contributed by atoms with E-state index in [4.69, 9.17) is 16.7 Å². The number of hydrogen-bond acceptors (Lipinski definition) is 3. The largest absolute Gasteiger partial charge is 0.338 e. The molecular formula is C13H16ClFN2O3S. The summed E-state index contributed by atoms with van der Waals surface area (Å²) in [5.74, 6) is -1.49. The van der Waals surface area contributed by atoms with Gasteiger partial charge in [0.1, 0.15) is 10.7 Å². The SMILES string of the molecule is CC1(C)CCN(C(=O)c2cc(S(N)(=O)=O)c(F)cc2Cl)C1. The summed E-state index contributed by atoms with van der Waals surface area (Å²) >= 11 is 5.87.